The third kappa shape index (κ3) is 5.54. The first-order chi connectivity index (χ1) is 15.2. The van der Waals surface area contributed by atoms with Gasteiger partial charge < -0.3 is 10.6 Å². The molecule has 3 N–H and O–H groups in total. The average Bonchev–Trinajstić information content (AvgIpc) is 2.83. The molecule has 1 aliphatic heterocycles. The molecular weight excluding hydrogens is 434 g/mol. The van der Waals surface area contributed by atoms with Crippen molar-refractivity contribution in [2.24, 2.45) is 5.92 Å². The molecule has 2 amide bonds. The maximum absolute atomic E-state index is 13.0. The predicted molar refractivity (Wildman–Crippen MR) is 115 cm³/mol. The van der Waals surface area contributed by atoms with Gasteiger partial charge in [0.25, 0.3) is 5.91 Å². The van der Waals surface area contributed by atoms with Gasteiger partial charge in [-0.15, -0.1) is 0 Å². The number of fused-ring (bicyclic) bond motifs is 1. The van der Waals surface area contributed by atoms with E-state index < -0.39 is 45.6 Å². The summed E-state index contributed by atoms with van der Waals surface area (Å²) in [6.07, 6.45) is 3.45. The van der Waals surface area contributed by atoms with Crippen molar-refractivity contribution < 1.29 is 22.8 Å². The molecule has 0 saturated heterocycles. The highest BCUT2D eigenvalue weighted by molar-refractivity contribution is 7.89. The van der Waals surface area contributed by atoms with Gasteiger partial charge in [0, 0.05) is 12.4 Å². The summed E-state index contributed by atoms with van der Waals surface area (Å²) in [5, 5.41) is 5.05. The van der Waals surface area contributed by atoms with E-state index in [1.807, 2.05) is 0 Å². The number of sulfonamides is 1. The molecule has 0 aliphatic carbocycles. The first-order valence-electron chi connectivity index (χ1n) is 10.2. The van der Waals surface area contributed by atoms with Crippen LogP contribution in [-0.4, -0.2) is 48.1 Å². The van der Waals surface area contributed by atoms with Crippen molar-refractivity contribution >= 4 is 27.6 Å². The Morgan fingerprint density at radius 1 is 1.09 bits per heavy atom. The average molecular weight is 460 g/mol. The summed E-state index contributed by atoms with van der Waals surface area (Å²) in [5.74, 6) is -2.76. The molecule has 2 atom stereocenters. The van der Waals surface area contributed by atoms with E-state index in [9.17, 15) is 22.8 Å². The standard InChI is InChI=1S/C21H25N5O5S/c1-13(2)18(26-32(30,31)14-6-4-3-5-7-14)20(28)25-16-9-8-15-17(23-11-10-22-15)12-24-21(29)19(16)27/h3-7,10-11,13,16,18,26H,8-9,12H2,1-2H3,(H,24,29)(H,25,28). The number of Topliss-reactive ketones (excluding diaryl/α,β-unsaturated/α-hetero) is 1. The highest BCUT2D eigenvalue weighted by Crippen LogP contribution is 2.14. The van der Waals surface area contributed by atoms with E-state index in [0.29, 0.717) is 17.8 Å². The lowest BCUT2D eigenvalue weighted by Gasteiger charge is -2.24. The van der Waals surface area contributed by atoms with Crippen molar-refractivity contribution in [1.29, 1.82) is 0 Å². The molecule has 0 spiro atoms. The van der Waals surface area contributed by atoms with Gasteiger partial charge in [0.1, 0.15) is 6.04 Å². The van der Waals surface area contributed by atoms with Crippen LogP contribution in [0.3, 0.4) is 0 Å². The quantitative estimate of drug-likeness (QED) is 0.519. The number of ketones is 1. The SMILES string of the molecule is CC(C)C(NS(=O)(=O)c1ccccc1)C(=O)NC1CCc2nccnc2CNC(=O)C1=O. The largest absolute Gasteiger partial charge is 0.344 e. The Morgan fingerprint density at radius 2 is 1.75 bits per heavy atom. The van der Waals surface area contributed by atoms with E-state index in [1.54, 1.807) is 32.0 Å². The zero-order valence-electron chi connectivity index (χ0n) is 17.7. The topological polar surface area (TPSA) is 147 Å². The van der Waals surface area contributed by atoms with Gasteiger partial charge in [0.2, 0.25) is 21.7 Å². The molecule has 0 saturated carbocycles. The van der Waals surface area contributed by atoms with Gasteiger partial charge in [-0.25, -0.2) is 8.42 Å². The maximum atomic E-state index is 13.0. The smallest absolute Gasteiger partial charge is 0.289 e. The number of nitrogens with zero attached hydrogens (tertiary/aromatic N) is 2. The molecule has 170 valence electrons. The van der Waals surface area contributed by atoms with Crippen LogP contribution in [0.15, 0.2) is 47.6 Å². The molecule has 1 aliphatic rings. The fourth-order valence-electron chi connectivity index (χ4n) is 3.30. The van der Waals surface area contributed by atoms with Crippen molar-refractivity contribution in [1.82, 2.24) is 25.3 Å². The molecule has 1 aromatic carbocycles. The number of hydrogen-bond donors (Lipinski definition) is 3. The molecular formula is C21H25N5O5S. The zero-order valence-corrected chi connectivity index (χ0v) is 18.6. The van der Waals surface area contributed by atoms with E-state index >= 15 is 0 Å². The maximum Gasteiger partial charge on any atom is 0.289 e. The molecule has 2 aromatic rings. The highest BCUT2D eigenvalue weighted by atomic mass is 32.2. The van der Waals surface area contributed by atoms with E-state index in [-0.39, 0.29) is 17.9 Å². The minimum absolute atomic E-state index is 0.0199. The van der Waals surface area contributed by atoms with Crippen LogP contribution in [0.4, 0.5) is 0 Å². The van der Waals surface area contributed by atoms with Gasteiger partial charge >= 0.3 is 0 Å². The minimum atomic E-state index is -3.97. The van der Waals surface area contributed by atoms with Crippen molar-refractivity contribution in [2.75, 3.05) is 0 Å². The van der Waals surface area contributed by atoms with Gasteiger partial charge in [-0.05, 0) is 30.9 Å². The Hall–Kier alpha value is -3.18. The number of carbonyl (C=O) groups excluding carboxylic acids is 3. The number of aryl methyl sites for hydroxylation is 1. The first-order valence-corrected chi connectivity index (χ1v) is 11.7. The normalized spacial score (nSPS) is 18.0. The Kier molecular flexibility index (Phi) is 7.31. The monoisotopic (exact) mass is 459 g/mol. The highest BCUT2D eigenvalue weighted by Gasteiger charge is 2.34. The van der Waals surface area contributed by atoms with E-state index in [0.717, 1.165) is 0 Å². The van der Waals surface area contributed by atoms with Crippen LogP contribution in [-0.2, 0) is 37.4 Å². The van der Waals surface area contributed by atoms with Crippen molar-refractivity contribution in [3.63, 3.8) is 0 Å². The molecule has 10 nitrogen and oxygen atoms in total. The summed E-state index contributed by atoms with van der Waals surface area (Å²) in [6, 6.07) is 5.41. The van der Waals surface area contributed by atoms with Gasteiger partial charge in [-0.3, -0.25) is 24.4 Å². The van der Waals surface area contributed by atoms with E-state index in [4.69, 9.17) is 0 Å². The summed E-state index contributed by atoms with van der Waals surface area (Å²) in [4.78, 5) is 46.3. The van der Waals surface area contributed by atoms with Crippen LogP contribution in [0.5, 0.6) is 0 Å². The lowest BCUT2D eigenvalue weighted by molar-refractivity contribution is -0.140. The van der Waals surface area contributed by atoms with Crippen LogP contribution in [0.25, 0.3) is 0 Å². The number of hydrogen-bond acceptors (Lipinski definition) is 7. The lowest BCUT2D eigenvalue weighted by Crippen LogP contribution is -2.55. The molecule has 2 heterocycles. The summed E-state index contributed by atoms with van der Waals surface area (Å²) in [7, 11) is -3.97. The number of carbonyl (C=O) groups is 3. The third-order valence-electron chi connectivity index (χ3n) is 5.09. The van der Waals surface area contributed by atoms with Crippen molar-refractivity contribution in [3.8, 4) is 0 Å². The number of amides is 2. The van der Waals surface area contributed by atoms with Crippen LogP contribution < -0.4 is 15.4 Å². The van der Waals surface area contributed by atoms with Gasteiger partial charge in [-0.1, -0.05) is 32.0 Å². The number of nitrogens with one attached hydrogen (secondary N) is 3. The van der Waals surface area contributed by atoms with Crippen LogP contribution in [0.1, 0.15) is 31.7 Å². The zero-order chi connectivity index (χ0) is 23.3. The number of rotatable bonds is 6. The molecule has 1 aromatic heterocycles. The second-order valence-corrected chi connectivity index (χ2v) is 9.47. The Bertz CT molecular complexity index is 1100. The fourth-order valence-corrected chi connectivity index (χ4v) is 4.67. The molecule has 0 fully saturated rings. The summed E-state index contributed by atoms with van der Waals surface area (Å²) in [6.45, 7) is 3.42. The summed E-state index contributed by atoms with van der Waals surface area (Å²) < 4.78 is 27.8. The molecule has 11 heteroatoms. The van der Waals surface area contributed by atoms with Crippen LogP contribution in [0, 0.1) is 5.92 Å². The van der Waals surface area contributed by atoms with Crippen molar-refractivity contribution in [2.45, 2.75) is 50.2 Å². The fraction of sp³-hybridized carbons (Fsp3) is 0.381. The summed E-state index contributed by atoms with van der Waals surface area (Å²) in [5.41, 5.74) is 1.17. The minimum Gasteiger partial charge on any atom is -0.344 e. The second kappa shape index (κ2) is 9.96. The molecule has 2 unspecified atom stereocenters. The Balaban J connectivity index is 1.79. The van der Waals surface area contributed by atoms with E-state index in [2.05, 4.69) is 25.3 Å². The Morgan fingerprint density at radius 3 is 2.41 bits per heavy atom. The van der Waals surface area contributed by atoms with Gasteiger partial charge in [0.15, 0.2) is 0 Å². The molecule has 32 heavy (non-hydrogen) atoms. The first kappa shape index (κ1) is 23.5. The molecule has 3 rings (SSSR count). The number of benzene rings is 1. The molecule has 0 radical (unpaired) electrons. The third-order valence-corrected chi connectivity index (χ3v) is 6.55. The van der Waals surface area contributed by atoms with Crippen molar-refractivity contribution in [3.05, 3.63) is 54.1 Å². The molecule has 0 bridgehead atoms. The predicted octanol–water partition coefficient (Wildman–Crippen LogP) is 0.0960. The van der Waals surface area contributed by atoms with Crippen LogP contribution in [0.2, 0.25) is 0 Å². The Labute approximate surface area is 186 Å². The number of aromatic nitrogens is 2. The lowest BCUT2D eigenvalue weighted by atomic mass is 10.0. The summed E-state index contributed by atoms with van der Waals surface area (Å²) >= 11 is 0. The van der Waals surface area contributed by atoms with Gasteiger partial charge in [-0.2, -0.15) is 4.72 Å². The second-order valence-electron chi connectivity index (χ2n) is 7.75. The van der Waals surface area contributed by atoms with E-state index in [1.165, 1.54) is 24.5 Å². The van der Waals surface area contributed by atoms with Crippen LogP contribution >= 0.6 is 0 Å². The van der Waals surface area contributed by atoms with Gasteiger partial charge in [0.05, 0.1) is 28.9 Å².